The summed E-state index contributed by atoms with van der Waals surface area (Å²) in [6, 6.07) is -0.519. The van der Waals surface area contributed by atoms with E-state index in [-0.39, 0.29) is 6.04 Å². The maximum Gasteiger partial charge on any atom is 0.329 e. The first-order valence-electron chi connectivity index (χ1n) is 7.35. The minimum atomic E-state index is -1.12. The number of carboxylic acid groups (broad SMARTS) is 1. The molecule has 1 fully saturated rings. The molecule has 6 nitrogen and oxygen atoms in total. The van der Waals surface area contributed by atoms with Crippen LogP contribution in [0.1, 0.15) is 51.9 Å². The van der Waals surface area contributed by atoms with Gasteiger partial charge in [-0.3, -0.25) is 0 Å². The van der Waals surface area contributed by atoms with Gasteiger partial charge in [-0.2, -0.15) is 0 Å². The van der Waals surface area contributed by atoms with E-state index in [1.54, 1.807) is 7.11 Å². The molecule has 1 rings (SSSR count). The fourth-order valence-electron chi connectivity index (χ4n) is 2.63. The fraction of sp³-hybridized carbons (Fsp3) is 0.857. The summed E-state index contributed by atoms with van der Waals surface area (Å²) < 4.78 is 5.02. The van der Waals surface area contributed by atoms with E-state index in [1.165, 1.54) is 0 Å². The lowest BCUT2D eigenvalue weighted by molar-refractivity contribution is -0.145. The van der Waals surface area contributed by atoms with Crippen molar-refractivity contribution in [3.63, 3.8) is 0 Å². The lowest BCUT2D eigenvalue weighted by Gasteiger charge is -2.30. The van der Waals surface area contributed by atoms with Crippen molar-refractivity contribution in [3.05, 3.63) is 0 Å². The summed E-state index contributed by atoms with van der Waals surface area (Å²) in [6.45, 7) is 2.37. The van der Waals surface area contributed by atoms with E-state index in [9.17, 15) is 14.7 Å². The highest BCUT2D eigenvalue weighted by atomic mass is 16.5. The van der Waals surface area contributed by atoms with Crippen LogP contribution in [-0.2, 0) is 9.53 Å². The van der Waals surface area contributed by atoms with Crippen molar-refractivity contribution >= 4 is 12.0 Å². The Balaban J connectivity index is 2.65. The Morgan fingerprint density at radius 2 is 1.85 bits per heavy atom. The number of methoxy groups -OCH3 is 1. The van der Waals surface area contributed by atoms with Crippen molar-refractivity contribution in [3.8, 4) is 0 Å². The molecule has 0 bridgehead atoms. The first-order valence-corrected chi connectivity index (χ1v) is 7.35. The van der Waals surface area contributed by atoms with Crippen LogP contribution in [0.5, 0.6) is 0 Å². The molecule has 3 N–H and O–H groups in total. The number of ether oxygens (including phenoxy) is 1. The SMILES string of the molecule is CCC(COC)NC(=O)NC1(C(=O)O)CCCCCC1. The summed E-state index contributed by atoms with van der Waals surface area (Å²) in [5.74, 6) is -0.936. The Bertz CT molecular complexity index is 325. The molecule has 1 saturated carbocycles. The number of carboxylic acids is 1. The van der Waals surface area contributed by atoms with Crippen LogP contribution in [0.15, 0.2) is 0 Å². The van der Waals surface area contributed by atoms with Gasteiger partial charge in [0, 0.05) is 7.11 Å². The number of rotatable bonds is 6. The highest BCUT2D eigenvalue weighted by molar-refractivity contribution is 5.86. The number of urea groups is 1. The first-order chi connectivity index (χ1) is 9.54. The maximum absolute atomic E-state index is 12.0. The van der Waals surface area contributed by atoms with Crippen molar-refractivity contribution in [1.29, 1.82) is 0 Å². The summed E-state index contributed by atoms with van der Waals surface area (Å²) in [7, 11) is 1.58. The van der Waals surface area contributed by atoms with Crippen molar-refractivity contribution in [1.82, 2.24) is 10.6 Å². The average molecular weight is 286 g/mol. The summed E-state index contributed by atoms with van der Waals surface area (Å²) in [4.78, 5) is 23.6. The van der Waals surface area contributed by atoms with E-state index in [4.69, 9.17) is 4.74 Å². The molecule has 0 radical (unpaired) electrons. The second-order valence-corrected chi connectivity index (χ2v) is 5.46. The van der Waals surface area contributed by atoms with E-state index in [0.29, 0.717) is 19.4 Å². The van der Waals surface area contributed by atoms with Crippen molar-refractivity contribution in [2.75, 3.05) is 13.7 Å². The number of aliphatic carboxylic acids is 1. The predicted octanol–water partition coefficient (Wildman–Crippen LogP) is 1.89. The molecule has 1 aliphatic rings. The van der Waals surface area contributed by atoms with Gasteiger partial charge in [0.1, 0.15) is 5.54 Å². The molecule has 0 saturated heterocycles. The summed E-state index contributed by atoms with van der Waals surface area (Å²) in [5, 5.41) is 15.0. The number of hydrogen-bond acceptors (Lipinski definition) is 3. The van der Waals surface area contributed by atoms with Crippen LogP contribution in [0.4, 0.5) is 4.79 Å². The minimum absolute atomic E-state index is 0.100. The van der Waals surface area contributed by atoms with Crippen LogP contribution in [0, 0.1) is 0 Å². The van der Waals surface area contributed by atoms with Gasteiger partial charge in [-0.1, -0.05) is 32.6 Å². The van der Waals surface area contributed by atoms with Gasteiger partial charge in [-0.05, 0) is 19.3 Å². The lowest BCUT2D eigenvalue weighted by atomic mass is 9.90. The van der Waals surface area contributed by atoms with Crippen LogP contribution in [0.3, 0.4) is 0 Å². The third kappa shape index (κ3) is 4.67. The molecule has 2 amide bonds. The van der Waals surface area contributed by atoms with Gasteiger partial charge in [-0.25, -0.2) is 9.59 Å². The summed E-state index contributed by atoms with van der Waals surface area (Å²) in [6.07, 6.45) is 5.46. The van der Waals surface area contributed by atoms with Crippen molar-refractivity contribution in [2.24, 2.45) is 0 Å². The zero-order valence-corrected chi connectivity index (χ0v) is 12.4. The smallest absolute Gasteiger partial charge is 0.329 e. The second-order valence-electron chi connectivity index (χ2n) is 5.46. The Labute approximate surface area is 120 Å². The molecule has 0 aliphatic heterocycles. The molecular formula is C14H26N2O4. The Morgan fingerprint density at radius 3 is 2.30 bits per heavy atom. The molecule has 20 heavy (non-hydrogen) atoms. The standard InChI is InChI=1S/C14H26N2O4/c1-3-11(10-20-2)15-13(19)16-14(12(17)18)8-6-4-5-7-9-14/h11H,3-10H2,1-2H3,(H,17,18)(H2,15,16,19). The van der Waals surface area contributed by atoms with Crippen molar-refractivity contribution in [2.45, 2.75) is 63.5 Å². The van der Waals surface area contributed by atoms with Gasteiger partial charge in [0.15, 0.2) is 0 Å². The number of hydrogen-bond donors (Lipinski definition) is 3. The molecule has 0 spiro atoms. The van der Waals surface area contributed by atoms with E-state index in [0.717, 1.165) is 32.1 Å². The van der Waals surface area contributed by atoms with Gasteiger partial charge >= 0.3 is 12.0 Å². The molecule has 0 aromatic carbocycles. The van der Waals surface area contributed by atoms with E-state index >= 15 is 0 Å². The highest BCUT2D eigenvalue weighted by Crippen LogP contribution is 2.27. The Hall–Kier alpha value is -1.30. The topological polar surface area (TPSA) is 87.7 Å². The molecule has 1 unspecified atom stereocenters. The van der Waals surface area contributed by atoms with Crippen LogP contribution in [-0.4, -0.2) is 42.4 Å². The average Bonchev–Trinajstić information content (AvgIpc) is 2.64. The van der Waals surface area contributed by atoms with Crippen LogP contribution in [0.25, 0.3) is 0 Å². The van der Waals surface area contributed by atoms with Gasteiger partial charge in [0.05, 0.1) is 12.6 Å². The monoisotopic (exact) mass is 286 g/mol. The predicted molar refractivity (Wildman–Crippen MR) is 75.7 cm³/mol. The van der Waals surface area contributed by atoms with Gasteiger partial charge in [0.2, 0.25) is 0 Å². The van der Waals surface area contributed by atoms with Crippen LogP contribution in [0.2, 0.25) is 0 Å². The summed E-state index contributed by atoms with van der Waals surface area (Å²) >= 11 is 0. The molecule has 1 aliphatic carbocycles. The number of amides is 2. The molecule has 116 valence electrons. The number of nitrogens with one attached hydrogen (secondary N) is 2. The molecule has 1 atom stereocenters. The third-order valence-electron chi connectivity index (χ3n) is 3.92. The summed E-state index contributed by atoms with van der Waals surface area (Å²) in [5.41, 5.74) is -1.12. The van der Waals surface area contributed by atoms with Gasteiger partial charge in [0.25, 0.3) is 0 Å². The first kappa shape index (κ1) is 16.8. The minimum Gasteiger partial charge on any atom is -0.480 e. The normalized spacial score (nSPS) is 19.7. The van der Waals surface area contributed by atoms with Crippen molar-refractivity contribution < 1.29 is 19.4 Å². The molecule has 0 heterocycles. The quantitative estimate of drug-likeness (QED) is 0.651. The maximum atomic E-state index is 12.0. The van der Waals surface area contributed by atoms with E-state index < -0.39 is 17.5 Å². The molecule has 6 heteroatoms. The van der Waals surface area contributed by atoms with Crippen LogP contribution >= 0.6 is 0 Å². The number of carbonyl (C=O) groups is 2. The molecule has 0 aromatic rings. The zero-order valence-electron chi connectivity index (χ0n) is 12.4. The lowest BCUT2D eigenvalue weighted by Crippen LogP contribution is -2.58. The molecular weight excluding hydrogens is 260 g/mol. The van der Waals surface area contributed by atoms with E-state index in [1.807, 2.05) is 6.92 Å². The Morgan fingerprint density at radius 1 is 1.25 bits per heavy atom. The van der Waals surface area contributed by atoms with Gasteiger partial charge in [-0.15, -0.1) is 0 Å². The highest BCUT2D eigenvalue weighted by Gasteiger charge is 2.40. The third-order valence-corrected chi connectivity index (χ3v) is 3.92. The van der Waals surface area contributed by atoms with Crippen LogP contribution < -0.4 is 10.6 Å². The zero-order chi connectivity index (χ0) is 15.0. The van der Waals surface area contributed by atoms with Gasteiger partial charge < -0.3 is 20.5 Å². The second kappa shape index (κ2) is 8.09. The fourth-order valence-corrected chi connectivity index (χ4v) is 2.63. The molecule has 0 aromatic heterocycles. The Kier molecular flexibility index (Phi) is 6.78. The number of carbonyl (C=O) groups excluding carboxylic acids is 1. The van der Waals surface area contributed by atoms with E-state index in [2.05, 4.69) is 10.6 Å². The largest absolute Gasteiger partial charge is 0.480 e.